The lowest BCUT2D eigenvalue weighted by atomic mass is 9.98. The molecule has 37 heavy (non-hydrogen) atoms. The van der Waals surface area contributed by atoms with Crippen LogP contribution in [-0.2, 0) is 9.59 Å². The van der Waals surface area contributed by atoms with Gasteiger partial charge in [-0.3, -0.25) is 9.59 Å². The highest BCUT2D eigenvalue weighted by atomic mass is 35.5. The summed E-state index contributed by atoms with van der Waals surface area (Å²) in [6.07, 6.45) is 0.535. The van der Waals surface area contributed by atoms with Gasteiger partial charge in [0, 0.05) is 23.6 Å². The van der Waals surface area contributed by atoms with Gasteiger partial charge < -0.3 is 5.32 Å². The number of thioether (sulfide) groups is 1. The third-order valence-electron chi connectivity index (χ3n) is 6.30. The number of rotatable bonds is 5. The Kier molecular flexibility index (Phi) is 7.13. The number of nitrogens with one attached hydrogen (secondary N) is 1. The topological polar surface area (TPSA) is 74.1 Å². The molecule has 0 saturated carbocycles. The fourth-order valence-electron chi connectivity index (χ4n) is 4.21. The second-order valence-electron chi connectivity index (χ2n) is 9.08. The summed E-state index contributed by atoms with van der Waals surface area (Å²) < 4.78 is 13.6. The first-order valence-corrected chi connectivity index (χ1v) is 13.1. The maximum absolute atomic E-state index is 13.6. The summed E-state index contributed by atoms with van der Waals surface area (Å²) >= 11 is 7.37. The molecule has 188 valence electrons. The number of benzene rings is 3. The Morgan fingerprint density at radius 2 is 1.84 bits per heavy atom. The molecule has 0 radical (unpaired) electrons. The highest BCUT2D eigenvalue weighted by molar-refractivity contribution is 8.15. The van der Waals surface area contributed by atoms with Gasteiger partial charge in [0.25, 0.3) is 5.91 Å². The van der Waals surface area contributed by atoms with Crippen LogP contribution < -0.4 is 5.32 Å². The van der Waals surface area contributed by atoms with Crippen molar-refractivity contribution in [2.45, 2.75) is 38.0 Å². The third-order valence-corrected chi connectivity index (χ3v) is 7.85. The van der Waals surface area contributed by atoms with Crippen molar-refractivity contribution in [3.8, 4) is 0 Å². The van der Waals surface area contributed by atoms with E-state index in [0.717, 1.165) is 28.0 Å². The van der Waals surface area contributed by atoms with Crippen LogP contribution in [0, 0.1) is 19.7 Å². The van der Waals surface area contributed by atoms with Gasteiger partial charge in [-0.2, -0.15) is 10.1 Å². The average molecular weight is 535 g/mol. The van der Waals surface area contributed by atoms with E-state index < -0.39 is 5.25 Å². The standard InChI is InChI=1S/C28H24ClFN4O2S/c1-16-3-6-18(7-4-16)23-14-24(19-8-10-20(30)11-9-19)34(33-23)28-32-27(36)25(37-28)15-26(35)31-21-12-5-17(2)22(29)13-21/h3-13,24-25H,14-15H2,1-2H3,(H,31,35)/t24-,25-/m1/s1. The van der Waals surface area contributed by atoms with Crippen LogP contribution in [0.4, 0.5) is 10.1 Å². The highest BCUT2D eigenvalue weighted by Gasteiger charge is 2.39. The van der Waals surface area contributed by atoms with Gasteiger partial charge in [0.15, 0.2) is 5.17 Å². The molecular weight excluding hydrogens is 511 g/mol. The van der Waals surface area contributed by atoms with E-state index in [1.54, 1.807) is 29.3 Å². The molecule has 2 atom stereocenters. The Morgan fingerprint density at radius 1 is 1.11 bits per heavy atom. The Hall–Kier alpha value is -3.49. The third kappa shape index (κ3) is 5.60. The molecule has 3 aromatic rings. The molecule has 2 aliphatic rings. The fraction of sp³-hybridized carbons (Fsp3) is 0.214. The number of hydrogen-bond donors (Lipinski definition) is 1. The lowest BCUT2D eigenvalue weighted by Gasteiger charge is -2.23. The zero-order chi connectivity index (χ0) is 26.1. The van der Waals surface area contributed by atoms with Crippen LogP contribution in [0.3, 0.4) is 0 Å². The molecule has 6 nitrogen and oxygen atoms in total. The van der Waals surface area contributed by atoms with E-state index in [2.05, 4.69) is 10.3 Å². The van der Waals surface area contributed by atoms with Gasteiger partial charge in [-0.05, 0) is 54.8 Å². The minimum Gasteiger partial charge on any atom is -0.326 e. The molecule has 0 aromatic heterocycles. The van der Waals surface area contributed by atoms with E-state index in [9.17, 15) is 14.0 Å². The van der Waals surface area contributed by atoms with Crippen LogP contribution in [0.1, 0.15) is 41.1 Å². The first-order chi connectivity index (χ1) is 17.8. The van der Waals surface area contributed by atoms with Crippen molar-refractivity contribution < 1.29 is 14.0 Å². The smallest absolute Gasteiger partial charge is 0.262 e. The number of hydrogen-bond acceptors (Lipinski definition) is 5. The number of aryl methyl sites for hydroxylation is 2. The van der Waals surface area contributed by atoms with Crippen molar-refractivity contribution in [2.24, 2.45) is 10.1 Å². The first-order valence-electron chi connectivity index (χ1n) is 11.8. The van der Waals surface area contributed by atoms with Crippen molar-refractivity contribution in [1.29, 1.82) is 0 Å². The van der Waals surface area contributed by atoms with Crippen molar-refractivity contribution in [3.05, 3.63) is 99.8 Å². The quantitative estimate of drug-likeness (QED) is 0.418. The number of carbonyl (C=O) groups excluding carboxylic acids is 2. The number of hydrazone groups is 1. The monoisotopic (exact) mass is 534 g/mol. The number of amides is 2. The summed E-state index contributed by atoms with van der Waals surface area (Å²) in [6.45, 7) is 3.90. The van der Waals surface area contributed by atoms with Gasteiger partial charge >= 0.3 is 0 Å². The number of nitrogens with zero attached hydrogens (tertiary/aromatic N) is 3. The SMILES string of the molecule is Cc1ccc(C2=NN(C3=NC(=O)[C@@H](CC(=O)Nc4ccc(C)c(Cl)c4)S3)[C@@H](c3ccc(F)cc3)C2)cc1. The molecule has 2 heterocycles. The summed E-state index contributed by atoms with van der Waals surface area (Å²) in [5.41, 5.74) is 5.31. The summed E-state index contributed by atoms with van der Waals surface area (Å²) in [4.78, 5) is 29.7. The molecule has 0 bridgehead atoms. The maximum atomic E-state index is 13.6. The predicted molar refractivity (Wildman–Crippen MR) is 147 cm³/mol. The van der Waals surface area contributed by atoms with Gasteiger partial charge in [-0.1, -0.05) is 71.4 Å². The van der Waals surface area contributed by atoms with Crippen molar-refractivity contribution in [1.82, 2.24) is 5.01 Å². The molecule has 0 fully saturated rings. The largest absolute Gasteiger partial charge is 0.326 e. The maximum Gasteiger partial charge on any atom is 0.262 e. The summed E-state index contributed by atoms with van der Waals surface area (Å²) in [5.74, 6) is -1.01. The Bertz CT molecular complexity index is 1420. The van der Waals surface area contributed by atoms with Crippen LogP contribution in [0.5, 0.6) is 0 Å². The molecule has 5 rings (SSSR count). The van der Waals surface area contributed by atoms with E-state index >= 15 is 0 Å². The molecule has 3 aromatic carbocycles. The van der Waals surface area contributed by atoms with E-state index in [1.165, 1.54) is 23.9 Å². The molecule has 2 amide bonds. The van der Waals surface area contributed by atoms with E-state index in [4.69, 9.17) is 16.7 Å². The lowest BCUT2D eigenvalue weighted by Crippen LogP contribution is -2.25. The van der Waals surface area contributed by atoms with Gasteiger partial charge in [0.05, 0.1) is 11.8 Å². The number of aliphatic imine (C=N–C) groups is 1. The molecule has 9 heteroatoms. The number of halogens is 2. The van der Waals surface area contributed by atoms with Crippen molar-refractivity contribution in [3.63, 3.8) is 0 Å². The lowest BCUT2D eigenvalue weighted by molar-refractivity contribution is -0.121. The minimum absolute atomic E-state index is 0.0361. The second-order valence-corrected chi connectivity index (χ2v) is 10.7. The molecule has 2 aliphatic heterocycles. The number of carbonyl (C=O) groups is 2. The van der Waals surface area contributed by atoms with Gasteiger partial charge in [-0.15, -0.1) is 0 Å². The van der Waals surface area contributed by atoms with E-state index in [-0.39, 0.29) is 30.1 Å². The Labute approximate surface area is 223 Å². The fourth-order valence-corrected chi connectivity index (χ4v) is 5.45. The molecule has 0 spiro atoms. The Balaban J connectivity index is 1.34. The van der Waals surface area contributed by atoms with E-state index in [1.807, 2.05) is 44.2 Å². The van der Waals surface area contributed by atoms with Crippen LogP contribution in [-0.4, -0.2) is 33.0 Å². The van der Waals surface area contributed by atoms with Crippen LogP contribution >= 0.6 is 23.4 Å². The zero-order valence-corrected chi connectivity index (χ0v) is 21.8. The van der Waals surface area contributed by atoms with Gasteiger partial charge in [0.1, 0.15) is 11.1 Å². The Morgan fingerprint density at radius 3 is 2.54 bits per heavy atom. The molecular formula is C28H24ClFN4O2S. The van der Waals surface area contributed by atoms with Crippen molar-refractivity contribution in [2.75, 3.05) is 5.32 Å². The predicted octanol–water partition coefficient (Wildman–Crippen LogP) is 6.27. The van der Waals surface area contributed by atoms with Gasteiger partial charge in [0.2, 0.25) is 5.91 Å². The summed E-state index contributed by atoms with van der Waals surface area (Å²) in [5, 5.41) is 9.66. The molecule has 0 unspecified atom stereocenters. The summed E-state index contributed by atoms with van der Waals surface area (Å²) in [6, 6.07) is 19.4. The first kappa shape index (κ1) is 25.2. The second kappa shape index (κ2) is 10.5. The van der Waals surface area contributed by atoms with Crippen LogP contribution in [0.2, 0.25) is 5.02 Å². The molecule has 0 saturated heterocycles. The normalized spacial score (nSPS) is 19.1. The van der Waals surface area contributed by atoms with Crippen LogP contribution in [0.25, 0.3) is 0 Å². The average Bonchev–Trinajstić information content (AvgIpc) is 3.46. The van der Waals surface area contributed by atoms with E-state index in [0.29, 0.717) is 22.3 Å². The van der Waals surface area contributed by atoms with Crippen LogP contribution in [0.15, 0.2) is 76.8 Å². The van der Waals surface area contributed by atoms with Crippen molar-refractivity contribution >= 4 is 51.7 Å². The zero-order valence-electron chi connectivity index (χ0n) is 20.2. The number of anilines is 1. The minimum atomic E-state index is -0.664. The summed E-state index contributed by atoms with van der Waals surface area (Å²) in [7, 11) is 0. The van der Waals surface area contributed by atoms with Gasteiger partial charge in [-0.25, -0.2) is 9.40 Å². The number of amidine groups is 1. The molecule has 1 N–H and O–H groups in total. The highest BCUT2D eigenvalue weighted by Crippen LogP contribution is 2.38. The molecule has 0 aliphatic carbocycles.